The van der Waals surface area contributed by atoms with Crippen LogP contribution in [-0.2, 0) is 4.74 Å². The molecule has 6 nitrogen and oxygen atoms in total. The molecule has 2 saturated heterocycles. The van der Waals surface area contributed by atoms with Gasteiger partial charge in [-0.1, -0.05) is 42.5 Å². The summed E-state index contributed by atoms with van der Waals surface area (Å²) in [5, 5.41) is 11.0. The Morgan fingerprint density at radius 3 is 2.54 bits per heavy atom. The summed E-state index contributed by atoms with van der Waals surface area (Å²) in [6.07, 6.45) is 4.05. The van der Waals surface area contributed by atoms with Crippen LogP contribution in [-0.4, -0.2) is 65.5 Å². The fourth-order valence-corrected chi connectivity index (χ4v) is 4.38. The Kier molecular flexibility index (Phi) is 4.89. The fraction of sp³-hybridized carbons (Fsp3) is 0.409. The Balaban J connectivity index is 1.35. The van der Waals surface area contributed by atoms with Gasteiger partial charge in [0.05, 0.1) is 25.1 Å². The third kappa shape index (κ3) is 3.45. The van der Waals surface area contributed by atoms with E-state index in [-0.39, 0.29) is 0 Å². The van der Waals surface area contributed by atoms with Crippen molar-refractivity contribution in [3.63, 3.8) is 0 Å². The number of hydrogen-bond acceptors (Lipinski definition) is 6. The van der Waals surface area contributed by atoms with Crippen LogP contribution in [0.5, 0.6) is 0 Å². The van der Waals surface area contributed by atoms with Crippen molar-refractivity contribution in [2.24, 2.45) is 0 Å². The summed E-state index contributed by atoms with van der Waals surface area (Å²) in [5.41, 5.74) is 1.99. The summed E-state index contributed by atoms with van der Waals surface area (Å²) < 4.78 is 5.49. The highest BCUT2D eigenvalue weighted by atomic mass is 16.5. The van der Waals surface area contributed by atoms with Crippen molar-refractivity contribution in [3.05, 3.63) is 48.7 Å². The van der Waals surface area contributed by atoms with Gasteiger partial charge in [-0.25, -0.2) is 4.98 Å². The predicted octanol–water partition coefficient (Wildman–Crippen LogP) is 2.99. The maximum absolute atomic E-state index is 5.49. The first-order chi connectivity index (χ1) is 13.9. The van der Waals surface area contributed by atoms with Crippen LogP contribution in [0.15, 0.2) is 48.7 Å². The number of aromatic nitrogens is 3. The standard InChI is InChI=1S/C22H25N5O/c1-2-6-19-17(4-1)5-3-7-20(19)21-16-23-25-22(24-21)27-10-8-18(9-11-27)26-12-14-28-15-13-26/h1-7,16,18H,8-15H2. The van der Waals surface area contributed by atoms with Crippen LogP contribution in [0.4, 0.5) is 5.95 Å². The highest BCUT2D eigenvalue weighted by Gasteiger charge is 2.27. The lowest BCUT2D eigenvalue weighted by Gasteiger charge is -2.39. The maximum Gasteiger partial charge on any atom is 0.245 e. The van der Waals surface area contributed by atoms with Crippen molar-refractivity contribution < 1.29 is 4.74 Å². The molecule has 6 heteroatoms. The molecule has 28 heavy (non-hydrogen) atoms. The van der Waals surface area contributed by atoms with Gasteiger partial charge in [0.2, 0.25) is 5.95 Å². The van der Waals surface area contributed by atoms with Gasteiger partial charge in [0.25, 0.3) is 0 Å². The molecule has 1 aromatic heterocycles. The molecule has 0 bridgehead atoms. The zero-order valence-electron chi connectivity index (χ0n) is 16.0. The van der Waals surface area contributed by atoms with Gasteiger partial charge in [-0.3, -0.25) is 4.90 Å². The first-order valence-corrected chi connectivity index (χ1v) is 10.1. The summed E-state index contributed by atoms with van der Waals surface area (Å²) in [4.78, 5) is 9.73. The van der Waals surface area contributed by atoms with Gasteiger partial charge >= 0.3 is 0 Å². The fourth-order valence-electron chi connectivity index (χ4n) is 4.38. The predicted molar refractivity (Wildman–Crippen MR) is 110 cm³/mol. The zero-order valence-corrected chi connectivity index (χ0v) is 16.0. The molecule has 0 atom stereocenters. The van der Waals surface area contributed by atoms with Crippen molar-refractivity contribution >= 4 is 16.7 Å². The minimum absolute atomic E-state index is 0.648. The Hall–Kier alpha value is -2.57. The van der Waals surface area contributed by atoms with E-state index < -0.39 is 0 Å². The number of fused-ring (bicyclic) bond motifs is 1. The summed E-state index contributed by atoms with van der Waals surface area (Å²) >= 11 is 0. The molecule has 3 heterocycles. The number of piperidine rings is 1. The average Bonchev–Trinajstić information content (AvgIpc) is 2.79. The van der Waals surface area contributed by atoms with Crippen molar-refractivity contribution in [2.75, 3.05) is 44.3 Å². The molecule has 2 aliphatic heterocycles. The summed E-state index contributed by atoms with van der Waals surface area (Å²) in [6.45, 7) is 5.78. The highest BCUT2D eigenvalue weighted by Crippen LogP contribution is 2.28. The number of rotatable bonds is 3. The van der Waals surface area contributed by atoms with E-state index in [9.17, 15) is 0 Å². The molecule has 0 saturated carbocycles. The van der Waals surface area contributed by atoms with E-state index in [1.54, 1.807) is 6.20 Å². The second kappa shape index (κ2) is 7.81. The average molecular weight is 375 g/mol. The third-order valence-electron chi connectivity index (χ3n) is 5.92. The van der Waals surface area contributed by atoms with Crippen molar-refractivity contribution in [3.8, 4) is 11.3 Å². The minimum Gasteiger partial charge on any atom is -0.379 e. The lowest BCUT2D eigenvalue weighted by Crippen LogP contribution is -2.49. The molecule has 0 spiro atoms. The van der Waals surface area contributed by atoms with Crippen LogP contribution in [0.25, 0.3) is 22.0 Å². The summed E-state index contributed by atoms with van der Waals surface area (Å²) in [6, 6.07) is 15.4. The molecular formula is C22H25N5O. The van der Waals surface area contributed by atoms with Gasteiger partial charge in [-0.15, -0.1) is 5.10 Å². The zero-order chi connectivity index (χ0) is 18.8. The van der Waals surface area contributed by atoms with Gasteiger partial charge < -0.3 is 9.64 Å². The Labute approximate surface area is 165 Å². The van der Waals surface area contributed by atoms with E-state index in [1.807, 2.05) is 0 Å². The van der Waals surface area contributed by atoms with Crippen LogP contribution in [0.3, 0.4) is 0 Å². The Bertz CT molecular complexity index is 943. The lowest BCUT2D eigenvalue weighted by atomic mass is 10.0. The molecule has 144 valence electrons. The Morgan fingerprint density at radius 1 is 0.893 bits per heavy atom. The quantitative estimate of drug-likeness (QED) is 0.702. The van der Waals surface area contributed by atoms with Crippen molar-refractivity contribution in [2.45, 2.75) is 18.9 Å². The van der Waals surface area contributed by atoms with Crippen LogP contribution in [0, 0.1) is 0 Å². The van der Waals surface area contributed by atoms with Crippen LogP contribution >= 0.6 is 0 Å². The number of anilines is 1. The number of morpholine rings is 1. The summed E-state index contributed by atoms with van der Waals surface area (Å²) in [5.74, 6) is 0.742. The topological polar surface area (TPSA) is 54.4 Å². The molecule has 2 fully saturated rings. The molecule has 3 aromatic rings. The van der Waals surface area contributed by atoms with Gasteiger partial charge in [-0.2, -0.15) is 5.10 Å². The largest absolute Gasteiger partial charge is 0.379 e. The van der Waals surface area contributed by atoms with Gasteiger partial charge in [0, 0.05) is 37.8 Å². The second-order valence-corrected chi connectivity index (χ2v) is 7.53. The number of nitrogens with zero attached hydrogens (tertiary/aromatic N) is 5. The molecule has 2 aliphatic rings. The monoisotopic (exact) mass is 375 g/mol. The van der Waals surface area contributed by atoms with Gasteiger partial charge in [-0.05, 0) is 23.6 Å². The van der Waals surface area contributed by atoms with Gasteiger partial charge in [0.15, 0.2) is 0 Å². The van der Waals surface area contributed by atoms with Crippen LogP contribution in [0.2, 0.25) is 0 Å². The molecule has 5 rings (SSSR count). The first kappa shape index (κ1) is 17.5. The van der Waals surface area contributed by atoms with Crippen molar-refractivity contribution in [1.82, 2.24) is 20.1 Å². The third-order valence-corrected chi connectivity index (χ3v) is 5.92. The Morgan fingerprint density at radius 2 is 1.68 bits per heavy atom. The van der Waals surface area contributed by atoms with Crippen LogP contribution < -0.4 is 4.90 Å². The first-order valence-electron chi connectivity index (χ1n) is 10.1. The summed E-state index contributed by atoms with van der Waals surface area (Å²) in [7, 11) is 0. The number of benzene rings is 2. The molecule has 0 unspecified atom stereocenters. The van der Waals surface area contributed by atoms with E-state index in [2.05, 4.69) is 62.5 Å². The van der Waals surface area contributed by atoms with Crippen LogP contribution in [0.1, 0.15) is 12.8 Å². The lowest BCUT2D eigenvalue weighted by molar-refractivity contribution is 0.0114. The normalized spacial score (nSPS) is 19.2. The second-order valence-electron chi connectivity index (χ2n) is 7.53. The van der Waals surface area contributed by atoms with Crippen molar-refractivity contribution in [1.29, 1.82) is 0 Å². The number of ether oxygens (including phenoxy) is 1. The molecule has 0 radical (unpaired) electrons. The van der Waals surface area contributed by atoms with E-state index in [4.69, 9.17) is 9.72 Å². The van der Waals surface area contributed by atoms with E-state index >= 15 is 0 Å². The smallest absolute Gasteiger partial charge is 0.245 e. The maximum atomic E-state index is 5.49. The SMILES string of the molecule is c1ccc2c(-c3cnnc(N4CCC(N5CCOCC5)CC4)n3)cccc2c1. The van der Waals surface area contributed by atoms with Gasteiger partial charge in [0.1, 0.15) is 0 Å². The molecule has 2 aromatic carbocycles. The van der Waals surface area contributed by atoms with E-state index in [0.717, 1.165) is 69.4 Å². The molecule has 0 aliphatic carbocycles. The molecular weight excluding hydrogens is 350 g/mol. The minimum atomic E-state index is 0.648. The highest BCUT2D eigenvalue weighted by molar-refractivity contribution is 5.95. The van der Waals surface area contributed by atoms with E-state index in [0.29, 0.717) is 6.04 Å². The molecule has 0 amide bonds. The number of hydrogen-bond donors (Lipinski definition) is 0. The molecule has 0 N–H and O–H groups in total. The van der Waals surface area contributed by atoms with E-state index in [1.165, 1.54) is 10.8 Å².